The average molecular weight is 242 g/mol. The van der Waals surface area contributed by atoms with Gasteiger partial charge in [-0.05, 0) is 24.1 Å². The lowest BCUT2D eigenvalue weighted by atomic mass is 10.1. The molecule has 2 rings (SSSR count). The topological polar surface area (TPSA) is 29.3 Å². The molecule has 0 aliphatic heterocycles. The number of benzene rings is 1. The molecule has 0 N–H and O–H groups in total. The van der Waals surface area contributed by atoms with Crippen LogP contribution in [0, 0.1) is 0 Å². The van der Waals surface area contributed by atoms with Crippen LogP contribution < -0.4 is 4.90 Å². The fourth-order valence-corrected chi connectivity index (χ4v) is 1.86. The Morgan fingerprint density at radius 1 is 1.28 bits per heavy atom. The van der Waals surface area contributed by atoms with Gasteiger partial charge in [0.05, 0.1) is 0 Å². The van der Waals surface area contributed by atoms with Gasteiger partial charge in [0, 0.05) is 13.1 Å². The molecule has 1 aromatic carbocycles. The van der Waals surface area contributed by atoms with Crippen molar-refractivity contribution in [2.24, 2.45) is 0 Å². The molecule has 0 radical (unpaired) electrons. The first kappa shape index (κ1) is 12.4. The van der Waals surface area contributed by atoms with Crippen LogP contribution in [0.3, 0.4) is 0 Å². The van der Waals surface area contributed by atoms with Crippen LogP contribution in [0.25, 0.3) is 11.1 Å². The van der Waals surface area contributed by atoms with Crippen molar-refractivity contribution in [3.05, 3.63) is 49.1 Å². The highest BCUT2D eigenvalue weighted by molar-refractivity contribution is 5.75. The number of aryl methyl sites for hydroxylation is 1. The van der Waals surface area contributed by atoms with Crippen LogP contribution >= 0.6 is 0 Å². The molecule has 0 spiro atoms. The summed E-state index contributed by atoms with van der Waals surface area (Å²) in [5, 5.41) is 0. The minimum atomic E-state index is 0.623. The van der Waals surface area contributed by atoms with Gasteiger partial charge < -0.3 is 9.32 Å². The largest absolute Gasteiger partial charge is 0.423 e. The fourth-order valence-electron chi connectivity index (χ4n) is 1.86. The molecule has 0 aliphatic rings. The van der Waals surface area contributed by atoms with Crippen molar-refractivity contribution in [1.29, 1.82) is 0 Å². The van der Waals surface area contributed by atoms with Gasteiger partial charge in [0.1, 0.15) is 5.52 Å². The number of hydrogen-bond donors (Lipinski definition) is 0. The highest BCUT2D eigenvalue weighted by atomic mass is 16.4. The molecule has 1 heterocycles. The van der Waals surface area contributed by atoms with Crippen LogP contribution in [0.2, 0.25) is 0 Å². The first-order chi connectivity index (χ1) is 8.78. The minimum Gasteiger partial charge on any atom is -0.423 e. The normalized spacial score (nSPS) is 10.5. The van der Waals surface area contributed by atoms with Crippen molar-refractivity contribution in [3.8, 4) is 0 Å². The summed E-state index contributed by atoms with van der Waals surface area (Å²) in [7, 11) is 0. The SMILES string of the molecule is C=CCN(CC=C)c1nc2cc(CC)ccc2o1. The number of oxazole rings is 1. The van der Waals surface area contributed by atoms with Crippen LogP contribution in [-0.4, -0.2) is 18.1 Å². The Hall–Kier alpha value is -2.03. The average Bonchev–Trinajstić information content (AvgIpc) is 2.81. The van der Waals surface area contributed by atoms with Gasteiger partial charge in [0.2, 0.25) is 0 Å². The van der Waals surface area contributed by atoms with Crippen LogP contribution in [0.4, 0.5) is 6.01 Å². The molecule has 0 fully saturated rings. The molecule has 0 unspecified atom stereocenters. The second-order valence-corrected chi connectivity index (χ2v) is 4.13. The molecule has 0 saturated heterocycles. The smallest absolute Gasteiger partial charge is 0.298 e. The van der Waals surface area contributed by atoms with Crippen LogP contribution in [0.1, 0.15) is 12.5 Å². The number of anilines is 1. The van der Waals surface area contributed by atoms with Crippen molar-refractivity contribution in [2.45, 2.75) is 13.3 Å². The molecule has 1 aromatic heterocycles. The summed E-state index contributed by atoms with van der Waals surface area (Å²) in [5.74, 6) is 0. The van der Waals surface area contributed by atoms with E-state index in [2.05, 4.69) is 37.2 Å². The molecular formula is C15H18N2O. The van der Waals surface area contributed by atoms with Crippen LogP contribution in [-0.2, 0) is 6.42 Å². The monoisotopic (exact) mass is 242 g/mol. The van der Waals surface area contributed by atoms with E-state index in [9.17, 15) is 0 Å². The molecule has 0 bridgehead atoms. The lowest BCUT2D eigenvalue weighted by Gasteiger charge is -2.15. The van der Waals surface area contributed by atoms with E-state index in [0.717, 1.165) is 17.5 Å². The molecule has 3 nitrogen and oxygen atoms in total. The van der Waals surface area contributed by atoms with E-state index in [4.69, 9.17) is 4.42 Å². The van der Waals surface area contributed by atoms with E-state index in [0.29, 0.717) is 19.1 Å². The Balaban J connectivity index is 2.37. The molecule has 94 valence electrons. The molecular weight excluding hydrogens is 224 g/mol. The van der Waals surface area contributed by atoms with Crippen LogP contribution in [0.15, 0.2) is 47.9 Å². The van der Waals surface area contributed by atoms with E-state index in [1.807, 2.05) is 23.1 Å². The number of aromatic nitrogens is 1. The predicted molar refractivity (Wildman–Crippen MR) is 76.0 cm³/mol. The third-order valence-electron chi connectivity index (χ3n) is 2.82. The van der Waals surface area contributed by atoms with Gasteiger partial charge >= 0.3 is 0 Å². The summed E-state index contributed by atoms with van der Waals surface area (Å²) >= 11 is 0. The van der Waals surface area contributed by atoms with E-state index in [1.165, 1.54) is 5.56 Å². The van der Waals surface area contributed by atoms with E-state index in [1.54, 1.807) is 0 Å². The summed E-state index contributed by atoms with van der Waals surface area (Å²) in [6, 6.07) is 6.74. The van der Waals surface area contributed by atoms with Gasteiger partial charge in [0.25, 0.3) is 6.01 Å². The van der Waals surface area contributed by atoms with Gasteiger partial charge in [-0.3, -0.25) is 0 Å². The van der Waals surface area contributed by atoms with Crippen molar-refractivity contribution in [1.82, 2.24) is 4.98 Å². The van der Waals surface area contributed by atoms with E-state index < -0.39 is 0 Å². The van der Waals surface area contributed by atoms with Crippen molar-refractivity contribution in [2.75, 3.05) is 18.0 Å². The minimum absolute atomic E-state index is 0.623. The highest BCUT2D eigenvalue weighted by Gasteiger charge is 2.11. The summed E-state index contributed by atoms with van der Waals surface area (Å²) in [6.45, 7) is 11.0. The van der Waals surface area contributed by atoms with Gasteiger partial charge in [-0.25, -0.2) is 0 Å². The van der Waals surface area contributed by atoms with E-state index >= 15 is 0 Å². The molecule has 0 saturated carbocycles. The third-order valence-corrected chi connectivity index (χ3v) is 2.82. The van der Waals surface area contributed by atoms with Crippen molar-refractivity contribution < 1.29 is 4.42 Å². The van der Waals surface area contributed by atoms with E-state index in [-0.39, 0.29) is 0 Å². The lowest BCUT2D eigenvalue weighted by Crippen LogP contribution is -2.23. The Morgan fingerprint density at radius 3 is 2.61 bits per heavy atom. The standard InChI is InChI=1S/C15H18N2O/c1-4-9-17(10-5-2)15-16-13-11-12(6-3)7-8-14(13)18-15/h4-5,7-8,11H,1-2,6,9-10H2,3H3. The Bertz CT molecular complexity index is 547. The van der Waals surface area contributed by atoms with Gasteiger partial charge in [-0.15, -0.1) is 13.2 Å². The molecule has 0 atom stereocenters. The number of hydrogen-bond acceptors (Lipinski definition) is 3. The van der Waals surface area contributed by atoms with Gasteiger partial charge in [-0.2, -0.15) is 4.98 Å². The second-order valence-electron chi connectivity index (χ2n) is 4.13. The first-order valence-electron chi connectivity index (χ1n) is 6.14. The second kappa shape index (κ2) is 5.54. The highest BCUT2D eigenvalue weighted by Crippen LogP contribution is 2.23. The maximum absolute atomic E-state index is 5.75. The molecule has 0 aliphatic carbocycles. The zero-order valence-electron chi connectivity index (χ0n) is 10.7. The summed E-state index contributed by atoms with van der Waals surface area (Å²) in [6.07, 6.45) is 4.66. The Kier molecular flexibility index (Phi) is 3.82. The van der Waals surface area contributed by atoms with Crippen LogP contribution in [0.5, 0.6) is 0 Å². The quantitative estimate of drug-likeness (QED) is 0.725. The van der Waals surface area contributed by atoms with Crippen molar-refractivity contribution in [3.63, 3.8) is 0 Å². The first-order valence-corrected chi connectivity index (χ1v) is 6.14. The Labute approximate surface area is 107 Å². The maximum Gasteiger partial charge on any atom is 0.298 e. The molecule has 0 amide bonds. The summed E-state index contributed by atoms with van der Waals surface area (Å²) in [4.78, 5) is 6.51. The number of rotatable bonds is 6. The molecule has 2 aromatic rings. The number of fused-ring (bicyclic) bond motifs is 1. The Morgan fingerprint density at radius 2 is 2.00 bits per heavy atom. The fraction of sp³-hybridized carbons (Fsp3) is 0.267. The predicted octanol–water partition coefficient (Wildman–Crippen LogP) is 3.57. The third kappa shape index (κ3) is 2.45. The van der Waals surface area contributed by atoms with Gasteiger partial charge in [-0.1, -0.05) is 25.1 Å². The lowest BCUT2D eigenvalue weighted by molar-refractivity contribution is 0.584. The maximum atomic E-state index is 5.75. The molecule has 18 heavy (non-hydrogen) atoms. The van der Waals surface area contributed by atoms with Crippen molar-refractivity contribution >= 4 is 17.1 Å². The zero-order valence-corrected chi connectivity index (χ0v) is 10.7. The summed E-state index contributed by atoms with van der Waals surface area (Å²) in [5.41, 5.74) is 2.99. The van der Waals surface area contributed by atoms with Gasteiger partial charge in [0.15, 0.2) is 5.58 Å². The molecule has 3 heteroatoms. The zero-order chi connectivity index (χ0) is 13.0. The summed E-state index contributed by atoms with van der Waals surface area (Å²) < 4.78 is 5.75. The number of nitrogens with zero attached hydrogens (tertiary/aromatic N) is 2.